The summed E-state index contributed by atoms with van der Waals surface area (Å²) >= 11 is 0. The number of rotatable bonds is 88. The summed E-state index contributed by atoms with van der Waals surface area (Å²) in [4.78, 5) is 48.8. The number of fused-ring (bicyclic) bond motifs is 20. The molecule has 1 radical (unpaired) electrons. The van der Waals surface area contributed by atoms with Crippen LogP contribution in [0.2, 0.25) is 0 Å². The van der Waals surface area contributed by atoms with Crippen molar-refractivity contribution in [2.75, 3.05) is 0 Å². The smallest absolute Gasteiger partial charge is 0.357 e. The van der Waals surface area contributed by atoms with E-state index in [1.54, 1.807) is 0 Å². The molecule has 7 aromatic rings. The monoisotopic (exact) mass is 2020 g/mol. The fraction of sp³-hybridized carbons (Fsp3) is 0.727. The average molecular weight is 2020 g/mol. The number of hydrogen-bond donors (Lipinski definition) is 0. The Hall–Kier alpha value is -7.28. The SMILES string of the molecule is CCCCCCCCCCCCc1cc(C#N)c(CCCCCCCCCCCC)c2c1-c1nc-2nc2[n-]c(nc3nc(nc4[n-]c(n1)c1c(CCCCCCCCCCCC)cc(C#N)c(CCCCCCCCCCCC)c41)-c1c(CCCCCCCCCCCC)c(C#N)cc(CCCCCCCCCCCC)c1-3)c1c(CCCCCCCCCCCC)cc(C#N)c(CCCCCCCCCCCC)c21.[Cu+2]. The van der Waals surface area contributed by atoms with Gasteiger partial charge in [0.15, 0.2) is 0 Å². The largest absolute Gasteiger partial charge is 2.00 e. The Morgan fingerprint density at radius 1 is 0.172 bits per heavy atom. The molecule has 0 unspecified atom stereocenters. The molecule has 12 nitrogen and oxygen atoms in total. The number of hydrogen-bond acceptors (Lipinski definition) is 10. The van der Waals surface area contributed by atoms with Crippen molar-refractivity contribution in [1.82, 2.24) is 39.9 Å². The van der Waals surface area contributed by atoms with Gasteiger partial charge in [0.25, 0.3) is 0 Å². The van der Waals surface area contributed by atoms with Crippen molar-refractivity contribution in [3.63, 3.8) is 0 Å². The summed E-state index contributed by atoms with van der Waals surface area (Å²) in [6.45, 7) is 18.4. The standard InChI is InChI=1S/C132H204N12.Cu/c1-9-17-25-33-41-49-57-65-73-81-89-105-97-109(101-133)113(93-85-77-69-61-53-45-37-29-21-13-5)121-117(105)125-137-126-118-106(90-82-74-66-58-50-42-34-26-18-10-2)98-110(102-134)114(94-86-78-70-62-54-46-38-30-22-14-6)122(118)131(140-126)144-132-124-116(96-88-80-72-64-56-48-40-32-24-16-8)112(104-136)100-108(92-84-76-68-60-52-44-36-28-20-12-4)120(124)128(142-132)138-127-119-107(91-83-75-67-59-51-43-35-27-19-11-3)99-111(103-135)115(123(119)130(141-127)143-129(121)139-125)95-87-79-71-63-55-47-39-31-23-15-7;/h97-100H,9-96H2,1-8H3;/q-2;+2. The number of aromatic nitrogens is 8. The predicted octanol–water partition coefficient (Wildman–Crippen LogP) is 41.3. The fourth-order valence-electron chi connectivity index (χ4n) is 23.6. The molecule has 13 heteroatoms. The van der Waals surface area contributed by atoms with Gasteiger partial charge in [0.1, 0.15) is 0 Å². The zero-order chi connectivity index (χ0) is 102. The van der Waals surface area contributed by atoms with Gasteiger partial charge in [-0.1, -0.05) is 518 Å². The van der Waals surface area contributed by atoms with E-state index in [9.17, 15) is 21.0 Å². The van der Waals surface area contributed by atoms with Crippen LogP contribution in [-0.2, 0) is 68.4 Å². The Kier molecular flexibility index (Phi) is 65.4. The topological polar surface area (TPSA) is 201 Å². The summed E-state index contributed by atoms with van der Waals surface area (Å²) < 4.78 is 0. The molecule has 0 saturated heterocycles. The molecule has 4 aromatic carbocycles. The first kappa shape index (κ1) is 123. The molecule has 9 rings (SSSR count). The maximum Gasteiger partial charge on any atom is 2.00 e. The number of benzene rings is 4. The molecule has 0 amide bonds. The van der Waals surface area contributed by atoms with Crippen molar-refractivity contribution < 1.29 is 17.1 Å². The van der Waals surface area contributed by atoms with Gasteiger partial charge in [0.05, 0.1) is 69.8 Å². The van der Waals surface area contributed by atoms with Crippen molar-refractivity contribution in [3.05, 3.63) is 91.0 Å². The molecule has 2 aliphatic heterocycles. The van der Waals surface area contributed by atoms with E-state index in [4.69, 9.17) is 39.9 Å². The van der Waals surface area contributed by atoms with Gasteiger partial charge in [-0.2, -0.15) is 21.0 Å². The van der Waals surface area contributed by atoms with Crippen LogP contribution in [0, 0.1) is 45.3 Å². The van der Waals surface area contributed by atoms with E-state index in [2.05, 4.69) is 104 Å². The first-order valence-corrected chi connectivity index (χ1v) is 62.3. The second-order valence-electron chi connectivity index (χ2n) is 44.6. The summed E-state index contributed by atoms with van der Waals surface area (Å²) in [6, 6.07) is 20.5. The molecular weight excluding hydrogens is 1820 g/mol. The van der Waals surface area contributed by atoms with Crippen LogP contribution >= 0.6 is 0 Å². The molecule has 3 aromatic heterocycles. The van der Waals surface area contributed by atoms with Gasteiger partial charge in [-0.15, -0.1) is 0 Å². The van der Waals surface area contributed by atoms with Crippen LogP contribution < -0.4 is 9.97 Å². The van der Waals surface area contributed by atoms with E-state index < -0.39 is 0 Å². The maximum atomic E-state index is 12.1. The second-order valence-corrected chi connectivity index (χ2v) is 44.6. The van der Waals surface area contributed by atoms with Gasteiger partial charge in [-0.05, 0) is 182 Å². The molecule has 145 heavy (non-hydrogen) atoms. The Bertz CT molecular complexity index is 4780. The van der Waals surface area contributed by atoms with Gasteiger partial charge < -0.3 is 29.9 Å². The normalized spacial score (nSPS) is 11.7. The minimum atomic E-state index is 0. The van der Waals surface area contributed by atoms with Crippen LogP contribution in [0.4, 0.5) is 0 Å². The first-order valence-electron chi connectivity index (χ1n) is 62.3. The van der Waals surface area contributed by atoms with Gasteiger partial charge >= 0.3 is 17.1 Å². The second kappa shape index (κ2) is 77.1. The van der Waals surface area contributed by atoms with Crippen LogP contribution in [0.5, 0.6) is 0 Å². The van der Waals surface area contributed by atoms with Crippen LogP contribution in [0.3, 0.4) is 0 Å². The quantitative estimate of drug-likeness (QED) is 0.0258. The Morgan fingerprint density at radius 2 is 0.324 bits per heavy atom. The predicted molar refractivity (Wildman–Crippen MR) is 617 cm³/mol. The van der Waals surface area contributed by atoms with Gasteiger partial charge in [0, 0.05) is 55.6 Å². The summed E-state index contributed by atoms with van der Waals surface area (Å²) in [5.41, 5.74) is 16.7. The van der Waals surface area contributed by atoms with Gasteiger partial charge in [-0.3, -0.25) is 0 Å². The van der Waals surface area contributed by atoms with E-state index in [1.807, 2.05) is 0 Å². The van der Waals surface area contributed by atoms with Gasteiger partial charge in [-0.25, -0.2) is 9.97 Å². The van der Waals surface area contributed by atoms with Crippen molar-refractivity contribution in [3.8, 4) is 69.8 Å². The van der Waals surface area contributed by atoms with Crippen LogP contribution in [0.25, 0.3) is 89.7 Å². The molecule has 2 aliphatic rings. The summed E-state index contributed by atoms with van der Waals surface area (Å²) in [6.07, 6.45) is 102. The van der Waals surface area contributed by atoms with Crippen molar-refractivity contribution >= 4 is 44.1 Å². The Labute approximate surface area is 897 Å². The fourth-order valence-corrected chi connectivity index (χ4v) is 23.6. The zero-order valence-corrected chi connectivity index (χ0v) is 95.1. The molecule has 0 spiro atoms. The van der Waals surface area contributed by atoms with Gasteiger partial charge in [0.2, 0.25) is 0 Å². The Balaban J connectivity index is 0.0000257. The van der Waals surface area contributed by atoms with Crippen LogP contribution in [-0.4, -0.2) is 29.9 Å². The number of nitriles is 4. The van der Waals surface area contributed by atoms with Crippen LogP contribution in [0.1, 0.15) is 636 Å². The molecule has 0 aliphatic carbocycles. The van der Waals surface area contributed by atoms with E-state index in [-0.39, 0.29) is 17.1 Å². The van der Waals surface area contributed by atoms with Crippen molar-refractivity contribution in [1.29, 1.82) is 21.0 Å². The first-order chi connectivity index (χ1) is 71.2. The van der Waals surface area contributed by atoms with E-state index in [0.29, 0.717) is 93.8 Å². The Morgan fingerprint density at radius 3 is 0.524 bits per heavy atom. The average Bonchev–Trinajstić information content (AvgIpc) is 1.57. The molecule has 803 valence electrons. The minimum absolute atomic E-state index is 0. The third-order valence-corrected chi connectivity index (χ3v) is 32.4. The third kappa shape index (κ3) is 42.8. The number of unbranched alkanes of at least 4 members (excludes halogenated alkanes) is 72. The third-order valence-electron chi connectivity index (χ3n) is 32.4. The number of aryl methyl sites for hydroxylation is 6. The van der Waals surface area contributed by atoms with E-state index >= 15 is 0 Å². The molecular formula is C132H204CuN12. The van der Waals surface area contributed by atoms with E-state index in [0.717, 1.165) is 268 Å². The molecule has 0 N–H and O–H groups in total. The minimum Gasteiger partial charge on any atom is -0.357 e. The van der Waals surface area contributed by atoms with Crippen LogP contribution in [0.15, 0.2) is 24.3 Å². The molecule has 0 fully saturated rings. The summed E-state index contributed by atoms with van der Waals surface area (Å²) in [7, 11) is 0. The molecule has 0 atom stereocenters. The summed E-state index contributed by atoms with van der Waals surface area (Å²) in [5, 5.41) is 51.9. The zero-order valence-electron chi connectivity index (χ0n) is 94.2. The van der Waals surface area contributed by atoms with Crippen molar-refractivity contribution in [2.45, 2.75) is 620 Å². The maximum absolute atomic E-state index is 12.1. The number of nitrogens with zero attached hydrogens (tertiary/aromatic N) is 12. The van der Waals surface area contributed by atoms with E-state index in [1.165, 1.54) is 360 Å². The summed E-state index contributed by atoms with van der Waals surface area (Å²) in [5.74, 6) is 2.10. The molecule has 0 saturated carbocycles. The molecule has 8 bridgehead atoms. The van der Waals surface area contributed by atoms with Crippen molar-refractivity contribution in [2.24, 2.45) is 0 Å². The molecule has 5 heterocycles.